The number of hydrogen-bond acceptors (Lipinski definition) is 2. The maximum atomic E-state index is 6.18. The molecule has 0 spiro atoms. The Morgan fingerprint density at radius 3 is 2.50 bits per heavy atom. The zero-order valence-corrected chi connectivity index (χ0v) is 13.4. The number of ether oxygens (including phenoxy) is 1. The van der Waals surface area contributed by atoms with E-state index in [-0.39, 0.29) is 11.6 Å². The van der Waals surface area contributed by atoms with E-state index in [1.807, 2.05) is 19.2 Å². The van der Waals surface area contributed by atoms with Gasteiger partial charge in [0.1, 0.15) is 0 Å². The third-order valence-electron chi connectivity index (χ3n) is 4.47. The Bertz CT molecular complexity index is 413. The minimum atomic E-state index is -0.100. The van der Waals surface area contributed by atoms with E-state index in [1.165, 1.54) is 31.2 Å². The van der Waals surface area contributed by atoms with Crippen molar-refractivity contribution in [2.24, 2.45) is 0 Å². The summed E-state index contributed by atoms with van der Waals surface area (Å²) in [6.07, 6.45) is 7.37. The van der Waals surface area contributed by atoms with E-state index in [9.17, 15) is 0 Å². The van der Waals surface area contributed by atoms with Crippen molar-refractivity contribution in [1.29, 1.82) is 0 Å². The highest BCUT2D eigenvalue weighted by Gasteiger charge is 2.39. The Labute approximate surface area is 127 Å². The molecule has 2 rings (SSSR count). The predicted molar refractivity (Wildman–Crippen MR) is 85.3 cm³/mol. The molecule has 20 heavy (non-hydrogen) atoms. The summed E-state index contributed by atoms with van der Waals surface area (Å²) in [4.78, 5) is 0. The van der Waals surface area contributed by atoms with E-state index >= 15 is 0 Å². The topological polar surface area (TPSA) is 21.3 Å². The molecule has 0 bridgehead atoms. The maximum Gasteiger partial charge on any atom is 0.0872 e. The van der Waals surface area contributed by atoms with E-state index in [0.717, 1.165) is 24.4 Å². The summed E-state index contributed by atoms with van der Waals surface area (Å²) in [5.41, 5.74) is 1.14. The van der Waals surface area contributed by atoms with Crippen LogP contribution >= 0.6 is 11.6 Å². The first kappa shape index (κ1) is 15.8. The molecule has 0 aliphatic heterocycles. The Balaban J connectivity index is 2.33. The van der Waals surface area contributed by atoms with Gasteiger partial charge in [-0.25, -0.2) is 0 Å². The van der Waals surface area contributed by atoms with Crippen LogP contribution in [0.5, 0.6) is 0 Å². The minimum Gasteiger partial charge on any atom is -0.376 e. The Morgan fingerprint density at radius 1 is 1.25 bits per heavy atom. The average molecular weight is 296 g/mol. The van der Waals surface area contributed by atoms with Crippen molar-refractivity contribution in [3.05, 3.63) is 34.9 Å². The SMILES string of the molecule is CCNC(c1cccc(Cl)c1)C1(OC)CCCCCC1. The molecule has 112 valence electrons. The lowest BCUT2D eigenvalue weighted by Gasteiger charge is -2.40. The van der Waals surface area contributed by atoms with Gasteiger partial charge in [0.2, 0.25) is 0 Å². The molecule has 0 amide bonds. The molecule has 1 aromatic rings. The van der Waals surface area contributed by atoms with Crippen LogP contribution in [0.4, 0.5) is 0 Å². The minimum absolute atomic E-state index is 0.100. The number of rotatable bonds is 5. The zero-order valence-electron chi connectivity index (χ0n) is 12.6. The van der Waals surface area contributed by atoms with Gasteiger partial charge in [-0.1, -0.05) is 56.3 Å². The molecule has 1 saturated carbocycles. The molecule has 1 aromatic carbocycles. The fourth-order valence-electron chi connectivity index (χ4n) is 3.44. The molecule has 1 N–H and O–H groups in total. The standard InChI is InChI=1S/C17H26ClNO/c1-3-19-16(14-9-8-10-15(18)13-14)17(20-2)11-6-4-5-7-12-17/h8-10,13,16,19H,3-7,11-12H2,1-2H3. The van der Waals surface area contributed by atoms with Crippen molar-refractivity contribution in [2.45, 2.75) is 57.1 Å². The number of halogens is 1. The third kappa shape index (κ3) is 3.55. The van der Waals surface area contributed by atoms with Crippen LogP contribution in [-0.4, -0.2) is 19.3 Å². The van der Waals surface area contributed by atoms with Crippen molar-refractivity contribution in [1.82, 2.24) is 5.32 Å². The molecule has 3 heteroatoms. The second-order valence-corrected chi connectivity index (χ2v) is 6.17. The third-order valence-corrected chi connectivity index (χ3v) is 4.71. The summed E-state index contributed by atoms with van der Waals surface area (Å²) in [6, 6.07) is 8.41. The first-order valence-electron chi connectivity index (χ1n) is 7.76. The van der Waals surface area contributed by atoms with Crippen LogP contribution in [0.3, 0.4) is 0 Å². The highest BCUT2D eigenvalue weighted by atomic mass is 35.5. The molecule has 1 atom stereocenters. The second-order valence-electron chi connectivity index (χ2n) is 5.73. The van der Waals surface area contributed by atoms with Gasteiger partial charge in [-0.15, -0.1) is 0 Å². The van der Waals surface area contributed by atoms with Crippen LogP contribution in [0.1, 0.15) is 57.1 Å². The largest absolute Gasteiger partial charge is 0.376 e. The molecule has 0 heterocycles. The van der Waals surface area contributed by atoms with E-state index in [4.69, 9.17) is 16.3 Å². The van der Waals surface area contributed by atoms with Crippen LogP contribution in [-0.2, 0) is 4.74 Å². The molecule has 1 aliphatic rings. The second kappa shape index (κ2) is 7.44. The summed E-state index contributed by atoms with van der Waals surface area (Å²) in [5.74, 6) is 0. The number of likely N-dealkylation sites (N-methyl/N-ethyl adjacent to an activating group) is 1. The summed E-state index contributed by atoms with van der Waals surface area (Å²) in [6.45, 7) is 3.08. The van der Waals surface area contributed by atoms with Gasteiger partial charge in [-0.2, -0.15) is 0 Å². The molecular weight excluding hydrogens is 270 g/mol. The smallest absolute Gasteiger partial charge is 0.0872 e. The molecule has 1 fully saturated rings. The predicted octanol–water partition coefficient (Wildman–Crippen LogP) is 4.73. The molecule has 0 radical (unpaired) electrons. The fourth-order valence-corrected chi connectivity index (χ4v) is 3.63. The molecule has 0 saturated heterocycles. The normalized spacial score (nSPS) is 20.4. The molecule has 1 aliphatic carbocycles. The van der Waals surface area contributed by atoms with Crippen molar-refractivity contribution in [2.75, 3.05) is 13.7 Å². The zero-order chi connectivity index (χ0) is 14.4. The summed E-state index contributed by atoms with van der Waals surface area (Å²) in [7, 11) is 1.86. The van der Waals surface area contributed by atoms with Crippen molar-refractivity contribution >= 4 is 11.6 Å². The molecule has 0 aromatic heterocycles. The Kier molecular flexibility index (Phi) is 5.88. The van der Waals surface area contributed by atoms with Gasteiger partial charge in [-0.05, 0) is 37.1 Å². The fraction of sp³-hybridized carbons (Fsp3) is 0.647. The summed E-state index contributed by atoms with van der Waals surface area (Å²) >= 11 is 6.18. The van der Waals surface area contributed by atoms with Crippen molar-refractivity contribution in [3.63, 3.8) is 0 Å². The van der Waals surface area contributed by atoms with Crippen molar-refractivity contribution < 1.29 is 4.74 Å². The molecule has 1 unspecified atom stereocenters. The van der Waals surface area contributed by atoms with E-state index in [1.54, 1.807) is 0 Å². The number of nitrogens with one attached hydrogen (secondary N) is 1. The maximum absolute atomic E-state index is 6.18. The Morgan fingerprint density at radius 2 is 1.95 bits per heavy atom. The van der Waals surface area contributed by atoms with Gasteiger partial charge in [0.15, 0.2) is 0 Å². The summed E-state index contributed by atoms with van der Waals surface area (Å²) < 4.78 is 6.06. The van der Waals surface area contributed by atoms with Crippen LogP contribution in [0.25, 0.3) is 0 Å². The highest BCUT2D eigenvalue weighted by Crippen LogP contribution is 2.40. The lowest BCUT2D eigenvalue weighted by Crippen LogP contribution is -2.45. The number of methoxy groups -OCH3 is 1. The van der Waals surface area contributed by atoms with Crippen LogP contribution in [0, 0.1) is 0 Å². The van der Waals surface area contributed by atoms with Gasteiger partial charge >= 0.3 is 0 Å². The van der Waals surface area contributed by atoms with E-state index in [0.29, 0.717) is 0 Å². The van der Waals surface area contributed by atoms with E-state index < -0.39 is 0 Å². The van der Waals surface area contributed by atoms with Gasteiger partial charge in [0, 0.05) is 12.1 Å². The highest BCUT2D eigenvalue weighted by molar-refractivity contribution is 6.30. The first-order valence-corrected chi connectivity index (χ1v) is 8.13. The van der Waals surface area contributed by atoms with Crippen LogP contribution in [0.2, 0.25) is 5.02 Å². The van der Waals surface area contributed by atoms with Crippen LogP contribution < -0.4 is 5.32 Å². The van der Waals surface area contributed by atoms with Gasteiger partial charge in [-0.3, -0.25) is 0 Å². The number of benzene rings is 1. The summed E-state index contributed by atoms with van der Waals surface area (Å²) in [5, 5.41) is 4.43. The monoisotopic (exact) mass is 295 g/mol. The lowest BCUT2D eigenvalue weighted by atomic mass is 9.82. The van der Waals surface area contributed by atoms with Gasteiger partial charge < -0.3 is 10.1 Å². The van der Waals surface area contributed by atoms with Gasteiger partial charge in [0.25, 0.3) is 0 Å². The molecule has 2 nitrogen and oxygen atoms in total. The number of hydrogen-bond donors (Lipinski definition) is 1. The average Bonchev–Trinajstić information content (AvgIpc) is 2.71. The first-order chi connectivity index (χ1) is 9.72. The Hall–Kier alpha value is -0.570. The van der Waals surface area contributed by atoms with Crippen LogP contribution in [0.15, 0.2) is 24.3 Å². The van der Waals surface area contributed by atoms with E-state index in [2.05, 4.69) is 24.4 Å². The van der Waals surface area contributed by atoms with Gasteiger partial charge in [0.05, 0.1) is 11.6 Å². The lowest BCUT2D eigenvalue weighted by molar-refractivity contribution is -0.0536. The molecular formula is C17H26ClNO. The van der Waals surface area contributed by atoms with Crippen molar-refractivity contribution in [3.8, 4) is 0 Å². The quantitative estimate of drug-likeness (QED) is 0.793.